The van der Waals surface area contributed by atoms with Gasteiger partial charge in [-0.2, -0.15) is 8.42 Å². The van der Waals surface area contributed by atoms with Crippen LogP contribution in [0.4, 0.5) is 0 Å². The van der Waals surface area contributed by atoms with E-state index in [1.807, 2.05) is 6.92 Å². The van der Waals surface area contributed by atoms with Crippen LogP contribution in [0.15, 0.2) is 22.5 Å². The van der Waals surface area contributed by atoms with Crippen LogP contribution in [0.1, 0.15) is 246 Å². The molecule has 56 heavy (non-hydrogen) atoms. The van der Waals surface area contributed by atoms with Crippen molar-refractivity contribution in [2.45, 2.75) is 251 Å². The van der Waals surface area contributed by atoms with Gasteiger partial charge in [0.25, 0.3) is 11.4 Å². The lowest BCUT2D eigenvalue weighted by Crippen LogP contribution is -2.40. The first-order valence-corrected chi connectivity index (χ1v) is 24.8. The SMILES string of the molecule is CCCCCCCCCCCCCCCCCCC1=C([N+](=O)[O-])C(C)=C([N+](=O)[O-])C(Cl)C1(C)CCCCCCCCCCCCCCCCCC.NS(=O)(=O)O. The molecule has 0 aliphatic heterocycles. The molecule has 330 valence electrons. The summed E-state index contributed by atoms with van der Waals surface area (Å²) in [7, 11) is -4.17. The number of nitrogens with zero attached hydrogens (tertiary/aromatic N) is 2. The van der Waals surface area contributed by atoms with Gasteiger partial charge in [0.1, 0.15) is 11.0 Å². The van der Waals surface area contributed by atoms with E-state index in [9.17, 15) is 20.2 Å². The Hall–Kier alpha value is -1.56. The van der Waals surface area contributed by atoms with E-state index in [1.165, 1.54) is 174 Å². The Morgan fingerprint density at radius 1 is 0.589 bits per heavy atom. The maximum atomic E-state index is 12.4. The van der Waals surface area contributed by atoms with Gasteiger partial charge in [0, 0.05) is 11.0 Å². The molecule has 2 unspecified atom stereocenters. The molecule has 0 bridgehead atoms. The fourth-order valence-electron chi connectivity index (χ4n) is 8.31. The molecule has 0 fully saturated rings. The van der Waals surface area contributed by atoms with Crippen molar-refractivity contribution >= 4 is 21.9 Å². The minimum Gasteiger partial charge on any atom is -0.274 e. The number of alkyl halides is 1. The first-order chi connectivity index (χ1) is 26.7. The molecule has 12 heteroatoms. The second-order valence-electron chi connectivity index (χ2n) is 16.8. The number of rotatable bonds is 36. The van der Waals surface area contributed by atoms with Gasteiger partial charge < -0.3 is 0 Å². The molecule has 0 heterocycles. The van der Waals surface area contributed by atoms with Gasteiger partial charge in [0.05, 0.1) is 9.85 Å². The summed E-state index contributed by atoms with van der Waals surface area (Å²) in [5.74, 6) is 0. The van der Waals surface area contributed by atoms with Crippen molar-refractivity contribution in [1.82, 2.24) is 0 Å². The van der Waals surface area contributed by atoms with Gasteiger partial charge in [-0.3, -0.25) is 24.8 Å². The maximum absolute atomic E-state index is 12.4. The summed E-state index contributed by atoms with van der Waals surface area (Å²) in [6.07, 6.45) is 42.3. The lowest BCUT2D eigenvalue weighted by atomic mass is 9.67. The maximum Gasteiger partial charge on any atom is 0.330 e. The smallest absolute Gasteiger partial charge is 0.274 e. The number of nitro groups is 2. The van der Waals surface area contributed by atoms with Crippen molar-refractivity contribution in [3.05, 3.63) is 42.8 Å². The molecule has 0 aromatic rings. The molecule has 10 nitrogen and oxygen atoms in total. The van der Waals surface area contributed by atoms with E-state index in [4.69, 9.17) is 24.6 Å². The average Bonchev–Trinajstić information content (AvgIpc) is 3.12. The highest BCUT2D eigenvalue weighted by Crippen LogP contribution is 2.51. The van der Waals surface area contributed by atoms with Crippen LogP contribution in [0.2, 0.25) is 0 Å². The zero-order valence-electron chi connectivity index (χ0n) is 36.3. The van der Waals surface area contributed by atoms with Gasteiger partial charge in [0.15, 0.2) is 0 Å². The second kappa shape index (κ2) is 34.3. The minimum absolute atomic E-state index is 0.0430. The first kappa shape index (κ1) is 54.4. The summed E-state index contributed by atoms with van der Waals surface area (Å²) < 4.78 is 25.2. The predicted molar refractivity (Wildman–Crippen MR) is 236 cm³/mol. The molecule has 1 aliphatic rings. The monoisotopic (exact) mass is 834 g/mol. The molecular weight excluding hydrogens is 750 g/mol. The Bertz CT molecular complexity index is 1200. The second-order valence-corrected chi connectivity index (χ2v) is 18.2. The highest BCUT2D eigenvalue weighted by molar-refractivity contribution is 7.83. The van der Waals surface area contributed by atoms with Crippen LogP contribution in [0.25, 0.3) is 0 Å². The molecule has 1 rings (SSSR count). The number of halogens is 1. The highest BCUT2D eigenvalue weighted by atomic mass is 35.5. The third-order valence-electron chi connectivity index (χ3n) is 11.7. The summed E-state index contributed by atoms with van der Waals surface area (Å²) in [5, 5.41) is 27.5. The third kappa shape index (κ3) is 27.2. The fourth-order valence-corrected chi connectivity index (χ4v) is 8.80. The molecule has 1 aliphatic carbocycles. The molecule has 0 saturated carbocycles. The van der Waals surface area contributed by atoms with Crippen LogP contribution >= 0.6 is 11.6 Å². The van der Waals surface area contributed by atoms with Crippen molar-refractivity contribution in [2.24, 2.45) is 10.6 Å². The molecular formula is C44H84ClN3O7S. The standard InChI is InChI=1S/C44H81ClN2O4.H3NO3S/c1-5-7-9-11-13-15-17-19-21-23-25-27-29-31-33-35-37-40-41(46(48)49)39(3)42(47(50)51)43(45)44(40,4)38-36-34-32-30-28-26-24-22-20-18-16-14-12-10-8-6-2;1-5(2,3)4/h43H,5-38H2,1-4H3;(H3,1,2,3,4). The van der Waals surface area contributed by atoms with E-state index < -0.39 is 26.0 Å². The Morgan fingerprint density at radius 3 is 1.12 bits per heavy atom. The number of hydrogen-bond donors (Lipinski definition) is 2. The normalized spacial score (nSPS) is 17.3. The third-order valence-corrected chi connectivity index (χ3v) is 12.4. The van der Waals surface area contributed by atoms with Gasteiger partial charge in [-0.25, -0.2) is 5.14 Å². The summed E-state index contributed by atoms with van der Waals surface area (Å²) in [4.78, 5) is 23.6. The largest absolute Gasteiger partial charge is 0.330 e. The van der Waals surface area contributed by atoms with Crippen molar-refractivity contribution < 1.29 is 22.8 Å². The van der Waals surface area contributed by atoms with Crippen molar-refractivity contribution in [3.63, 3.8) is 0 Å². The molecule has 0 saturated heterocycles. The van der Waals surface area contributed by atoms with Crippen LogP contribution in [0.3, 0.4) is 0 Å². The van der Waals surface area contributed by atoms with Gasteiger partial charge in [-0.1, -0.05) is 220 Å². The summed E-state index contributed by atoms with van der Waals surface area (Å²) in [6.45, 7) is 8.02. The zero-order valence-corrected chi connectivity index (χ0v) is 37.8. The quantitative estimate of drug-likeness (QED) is 0.0208. The number of hydrogen-bond acceptors (Lipinski definition) is 6. The molecule has 2 atom stereocenters. The summed E-state index contributed by atoms with van der Waals surface area (Å²) in [6, 6.07) is 0. The van der Waals surface area contributed by atoms with Gasteiger partial charge >= 0.3 is 10.3 Å². The van der Waals surface area contributed by atoms with E-state index in [0.29, 0.717) is 12.8 Å². The summed E-state index contributed by atoms with van der Waals surface area (Å²) in [5.41, 5.74) is -0.128. The van der Waals surface area contributed by atoms with E-state index in [-0.39, 0.29) is 21.9 Å². The van der Waals surface area contributed by atoms with E-state index in [2.05, 4.69) is 19.0 Å². The minimum atomic E-state index is -4.17. The fraction of sp³-hybridized carbons (Fsp3) is 0.909. The molecule has 0 aromatic carbocycles. The van der Waals surface area contributed by atoms with E-state index >= 15 is 0 Å². The van der Waals surface area contributed by atoms with Crippen molar-refractivity contribution in [3.8, 4) is 0 Å². The molecule has 3 N–H and O–H groups in total. The lowest BCUT2D eigenvalue weighted by molar-refractivity contribution is -0.443. The highest BCUT2D eigenvalue weighted by Gasteiger charge is 2.52. The Morgan fingerprint density at radius 2 is 0.857 bits per heavy atom. The van der Waals surface area contributed by atoms with Crippen molar-refractivity contribution in [2.75, 3.05) is 0 Å². The Labute approximate surface area is 348 Å². The van der Waals surface area contributed by atoms with Crippen LogP contribution in [0.5, 0.6) is 0 Å². The number of nitrogens with two attached hydrogens (primary N) is 1. The topological polar surface area (TPSA) is 167 Å². The van der Waals surface area contributed by atoms with Gasteiger partial charge in [-0.05, 0) is 26.2 Å². The Balaban J connectivity index is 0.00000565. The predicted octanol–water partition coefficient (Wildman–Crippen LogP) is 14.7. The molecule has 0 radical (unpaired) electrons. The summed E-state index contributed by atoms with van der Waals surface area (Å²) >= 11 is 6.94. The molecule has 0 amide bonds. The number of allylic oxidation sites excluding steroid dienone is 3. The van der Waals surface area contributed by atoms with Crippen LogP contribution in [0, 0.1) is 25.6 Å². The van der Waals surface area contributed by atoms with Crippen molar-refractivity contribution in [1.29, 1.82) is 0 Å². The van der Waals surface area contributed by atoms with Crippen LogP contribution in [-0.4, -0.2) is 28.2 Å². The lowest BCUT2D eigenvalue weighted by Gasteiger charge is -2.38. The number of unbranched alkanes of at least 4 members (excludes halogenated alkanes) is 30. The molecule has 0 aromatic heterocycles. The van der Waals surface area contributed by atoms with Gasteiger partial charge in [-0.15, -0.1) is 11.6 Å². The zero-order chi connectivity index (χ0) is 42.1. The van der Waals surface area contributed by atoms with E-state index in [0.717, 1.165) is 44.1 Å². The molecule has 0 spiro atoms. The van der Waals surface area contributed by atoms with Crippen LogP contribution < -0.4 is 5.14 Å². The average molecular weight is 835 g/mol. The van der Waals surface area contributed by atoms with E-state index in [1.54, 1.807) is 0 Å². The van der Waals surface area contributed by atoms with Crippen LogP contribution in [-0.2, 0) is 10.3 Å². The first-order valence-electron chi connectivity index (χ1n) is 22.8. The Kier molecular flexibility index (Phi) is 33.4. The van der Waals surface area contributed by atoms with Gasteiger partial charge in [0.2, 0.25) is 0 Å².